The number of aromatic nitrogens is 2. The molecule has 2 aromatic heterocycles. The van der Waals surface area contributed by atoms with E-state index >= 15 is 4.39 Å². The van der Waals surface area contributed by atoms with Gasteiger partial charge < -0.3 is 39.1 Å². The van der Waals surface area contributed by atoms with Crippen molar-refractivity contribution in [1.82, 2.24) is 30.0 Å². The number of fused-ring (bicyclic) bond motifs is 2. The number of pyridine rings is 1. The van der Waals surface area contributed by atoms with Gasteiger partial charge in [0.2, 0.25) is 17.7 Å². The second-order valence-electron chi connectivity index (χ2n) is 19.3. The molecule has 2 N–H and O–H groups in total. The highest BCUT2D eigenvalue weighted by Crippen LogP contribution is 2.59. The molecular weight excluding hydrogens is 826 g/mol. The number of hydrogen-bond donors (Lipinski definition) is 2. The molecule has 0 saturated carbocycles. The number of halogens is 1. The van der Waals surface area contributed by atoms with Gasteiger partial charge in [0.15, 0.2) is 0 Å². The lowest BCUT2D eigenvalue weighted by Crippen LogP contribution is -2.63. The summed E-state index contributed by atoms with van der Waals surface area (Å²) in [5, 5.41) is 3.30. The summed E-state index contributed by atoms with van der Waals surface area (Å²) in [5.74, 6) is 0.803. The number of ether oxygens (including phenoxy) is 1. The number of H-pyrrole nitrogens is 1. The van der Waals surface area contributed by atoms with Gasteiger partial charge in [0.05, 0.1) is 47.9 Å². The molecule has 2 atom stereocenters. The van der Waals surface area contributed by atoms with E-state index in [0.29, 0.717) is 60.2 Å². The van der Waals surface area contributed by atoms with Gasteiger partial charge in [-0.2, -0.15) is 0 Å². The summed E-state index contributed by atoms with van der Waals surface area (Å²) in [4.78, 5) is 72.3. The Morgan fingerprint density at radius 2 is 1.48 bits per heavy atom. The Morgan fingerprint density at radius 1 is 0.800 bits per heavy atom. The second kappa shape index (κ2) is 17.7. The Kier molecular flexibility index (Phi) is 11.8. The molecule has 0 radical (unpaired) electrons. The fourth-order valence-electron chi connectivity index (χ4n) is 12.0. The average molecular weight is 888 g/mol. The highest BCUT2D eigenvalue weighted by molar-refractivity contribution is 6.11. The van der Waals surface area contributed by atoms with Crippen LogP contribution in [0.15, 0.2) is 55.0 Å². The van der Waals surface area contributed by atoms with Gasteiger partial charge in [-0.15, -0.1) is 0 Å². The van der Waals surface area contributed by atoms with Crippen LogP contribution in [0.1, 0.15) is 92.7 Å². The summed E-state index contributed by atoms with van der Waals surface area (Å²) >= 11 is 0. The smallest absolute Gasteiger partial charge is 0.255 e. The van der Waals surface area contributed by atoms with E-state index < -0.39 is 11.5 Å². The third-order valence-electron chi connectivity index (χ3n) is 15.9. The largest absolute Gasteiger partial charge is 0.496 e. The number of aromatic amines is 1. The average Bonchev–Trinajstić information content (AvgIpc) is 3.94. The zero-order valence-corrected chi connectivity index (χ0v) is 38.0. The van der Waals surface area contributed by atoms with Crippen LogP contribution in [0.3, 0.4) is 0 Å². The number of nitrogens with one attached hydrogen (secondary N) is 2. The van der Waals surface area contributed by atoms with Crippen LogP contribution in [-0.4, -0.2) is 127 Å². The minimum atomic E-state index is -0.662. The van der Waals surface area contributed by atoms with Crippen LogP contribution in [0.5, 0.6) is 5.75 Å². The van der Waals surface area contributed by atoms with E-state index in [0.717, 1.165) is 119 Å². The number of hydrogen-bond acceptors (Lipinski definition) is 10. The first-order valence-corrected chi connectivity index (χ1v) is 23.9. The zero-order chi connectivity index (χ0) is 45.0. The summed E-state index contributed by atoms with van der Waals surface area (Å²) in [6.45, 7) is 14.5. The molecule has 14 nitrogen and oxygen atoms in total. The van der Waals surface area contributed by atoms with Gasteiger partial charge in [0, 0.05) is 113 Å². The molecule has 0 aliphatic carbocycles. The van der Waals surface area contributed by atoms with Crippen LogP contribution in [0.25, 0.3) is 10.9 Å². The number of amides is 4. The van der Waals surface area contributed by atoms with Crippen LogP contribution in [0, 0.1) is 23.1 Å². The number of anilines is 3. The van der Waals surface area contributed by atoms with Gasteiger partial charge in [-0.25, -0.2) is 4.39 Å². The molecule has 10 rings (SSSR count). The number of nitrogens with zero attached hydrogens (tertiary/aromatic N) is 7. The highest BCUT2D eigenvalue weighted by Gasteiger charge is 2.60. The fraction of sp³-hybridized carbons (Fsp3) is 0.540. The molecular formula is C50H62FN9O5. The van der Waals surface area contributed by atoms with Crippen molar-refractivity contribution in [2.45, 2.75) is 83.8 Å². The number of carbonyl (C=O) groups excluding carboxylic acids is 4. The first-order valence-electron chi connectivity index (χ1n) is 23.9. The summed E-state index contributed by atoms with van der Waals surface area (Å²) in [5.41, 5.74) is 4.91. The maximum Gasteiger partial charge on any atom is 0.255 e. The summed E-state index contributed by atoms with van der Waals surface area (Å²) < 4.78 is 22.4. The molecule has 6 aliphatic rings. The van der Waals surface area contributed by atoms with Crippen molar-refractivity contribution in [3.8, 4) is 5.75 Å². The number of piperidine rings is 3. The van der Waals surface area contributed by atoms with Crippen molar-refractivity contribution >= 4 is 51.6 Å². The highest BCUT2D eigenvalue weighted by atomic mass is 19.1. The molecule has 6 aliphatic heterocycles. The van der Waals surface area contributed by atoms with E-state index in [1.54, 1.807) is 35.4 Å². The molecule has 0 bridgehead atoms. The van der Waals surface area contributed by atoms with Crippen LogP contribution >= 0.6 is 0 Å². The third kappa shape index (κ3) is 7.81. The Balaban J connectivity index is 0.694. The molecule has 5 saturated heterocycles. The minimum Gasteiger partial charge on any atom is -0.496 e. The number of methoxy groups -OCH3 is 1. The molecule has 0 spiro atoms. The topological polar surface area (TPSA) is 138 Å². The van der Waals surface area contributed by atoms with Crippen LogP contribution in [0.4, 0.5) is 21.5 Å². The molecule has 0 unspecified atom stereocenters. The zero-order valence-electron chi connectivity index (χ0n) is 38.0. The van der Waals surface area contributed by atoms with Crippen LogP contribution < -0.4 is 24.8 Å². The molecule has 5 fully saturated rings. The summed E-state index contributed by atoms with van der Waals surface area (Å²) in [6.07, 6.45) is 11.5. The minimum absolute atomic E-state index is 0.0351. The molecule has 4 aromatic rings. The number of benzene rings is 2. The SMILES string of the molecule is CCC1(CC)C(=O)N(c2cncc3[nH]ccc23)[C@H]1c1cc(F)c(N2CCC(CN3CCN(CC4CCN(c5ccc6c(c5)CN([C@H]5CCC(=O)NC5=O)C6=O)CC4)CC3)CC2)cc1OC. The third-order valence-corrected chi connectivity index (χ3v) is 15.9. The Labute approximate surface area is 380 Å². The standard InChI is InChI=1S/C50H62FN9O5/c1-4-50(5-2)46(60(49(50)64)43-28-52-27-40-37(43)10-15-53-40)38-25-39(51)42(26-44(38)65-3)58-18-13-33(14-19-58)30-56-22-20-55(21-23-56)29-32-11-16-57(17-12-32)35-6-7-36-34(24-35)31-59(48(36)63)41-8-9-45(61)54-47(41)62/h6-7,10,15,24-28,32-33,41,46,53H,4-5,8-9,11-14,16-23,29-31H2,1-3H3,(H,54,61,62)/t41-,46-/m0/s1. The lowest BCUT2D eigenvalue weighted by atomic mass is 9.64. The first kappa shape index (κ1) is 43.4. The van der Waals surface area contributed by atoms with Gasteiger partial charge in [-0.1, -0.05) is 13.8 Å². The van der Waals surface area contributed by atoms with Crippen molar-refractivity contribution < 1.29 is 28.3 Å². The lowest BCUT2D eigenvalue weighted by Gasteiger charge is -2.56. The van der Waals surface area contributed by atoms with Crippen molar-refractivity contribution in [3.05, 3.63) is 77.5 Å². The van der Waals surface area contributed by atoms with E-state index in [4.69, 9.17) is 4.74 Å². The number of β-lactam (4-membered cyclic amide) rings is 1. The van der Waals surface area contributed by atoms with E-state index in [1.807, 2.05) is 44.3 Å². The molecule has 4 amide bonds. The predicted molar refractivity (Wildman–Crippen MR) is 248 cm³/mol. The van der Waals surface area contributed by atoms with E-state index in [-0.39, 0.29) is 41.9 Å². The lowest BCUT2D eigenvalue weighted by molar-refractivity contribution is -0.141. The number of carbonyl (C=O) groups is 4. The van der Waals surface area contributed by atoms with Gasteiger partial charge >= 0.3 is 0 Å². The van der Waals surface area contributed by atoms with Crippen molar-refractivity contribution in [2.24, 2.45) is 17.3 Å². The Hall–Kier alpha value is -5.54. The number of imide groups is 1. The van der Waals surface area contributed by atoms with Crippen LogP contribution in [0.2, 0.25) is 0 Å². The Morgan fingerprint density at radius 3 is 2.12 bits per heavy atom. The quantitative estimate of drug-likeness (QED) is 0.127. The van der Waals surface area contributed by atoms with Crippen molar-refractivity contribution in [1.29, 1.82) is 0 Å². The maximum absolute atomic E-state index is 16.4. The number of piperazine rings is 1. The van der Waals surface area contributed by atoms with E-state index in [2.05, 4.69) is 41.0 Å². The second-order valence-corrected chi connectivity index (χ2v) is 19.3. The molecule has 15 heteroatoms. The summed E-state index contributed by atoms with van der Waals surface area (Å²) in [7, 11) is 1.64. The summed E-state index contributed by atoms with van der Waals surface area (Å²) in [6, 6.07) is 10.5. The molecule has 2 aromatic carbocycles. The molecule has 65 heavy (non-hydrogen) atoms. The monoisotopic (exact) mass is 887 g/mol. The van der Waals surface area contributed by atoms with Gasteiger partial charge in [-0.3, -0.25) is 29.5 Å². The first-order chi connectivity index (χ1) is 31.6. The molecule has 344 valence electrons. The fourth-order valence-corrected chi connectivity index (χ4v) is 12.0. The van der Waals surface area contributed by atoms with Gasteiger partial charge in [0.25, 0.3) is 5.91 Å². The van der Waals surface area contributed by atoms with E-state index in [1.165, 1.54) is 0 Å². The van der Waals surface area contributed by atoms with Crippen LogP contribution in [-0.2, 0) is 20.9 Å². The number of rotatable bonds is 12. The Bertz CT molecular complexity index is 2470. The van der Waals surface area contributed by atoms with Gasteiger partial charge in [0.1, 0.15) is 17.6 Å². The maximum atomic E-state index is 16.4. The van der Waals surface area contributed by atoms with Gasteiger partial charge in [-0.05, 0) is 92.7 Å². The molecule has 8 heterocycles. The van der Waals surface area contributed by atoms with Crippen molar-refractivity contribution in [3.63, 3.8) is 0 Å². The van der Waals surface area contributed by atoms with Crippen molar-refractivity contribution in [2.75, 3.05) is 87.3 Å². The normalized spacial score (nSPS) is 23.6. The predicted octanol–water partition coefficient (Wildman–Crippen LogP) is 6.12. The van der Waals surface area contributed by atoms with E-state index in [9.17, 15) is 19.2 Å².